The number of amides is 1. The van der Waals surface area contributed by atoms with Crippen molar-refractivity contribution in [3.05, 3.63) is 118 Å². The number of β-amino-alcohol motifs (C(OH)–C–C–N with tert-alkyl or cyclic N) is 1. The molecule has 11 heteroatoms. The molecule has 2 fully saturated rings. The van der Waals surface area contributed by atoms with Crippen molar-refractivity contribution in [1.82, 2.24) is 10.3 Å². The Balaban J connectivity index is 1.39. The molecule has 0 bridgehead atoms. The smallest absolute Gasteiger partial charge is 0.251 e. The van der Waals surface area contributed by atoms with Gasteiger partial charge in [0.2, 0.25) is 0 Å². The maximum atomic E-state index is 15.2. The maximum Gasteiger partial charge on any atom is 0.251 e. The van der Waals surface area contributed by atoms with Crippen LogP contribution in [0.2, 0.25) is 0 Å². The Morgan fingerprint density at radius 2 is 1.91 bits per heavy atom. The second-order valence-corrected chi connectivity index (χ2v) is 12.3. The largest absolute Gasteiger partial charge is 0.494 e. The molecule has 2 aliphatic carbocycles. The summed E-state index contributed by atoms with van der Waals surface area (Å²) in [7, 11) is 1.44. The Bertz CT molecular complexity index is 1800. The van der Waals surface area contributed by atoms with E-state index >= 15 is 4.39 Å². The molecule has 244 valence electrons. The minimum Gasteiger partial charge on any atom is -0.494 e. The molecular formula is C36H38F2N5O4+. The van der Waals surface area contributed by atoms with E-state index in [1.807, 2.05) is 16.4 Å². The van der Waals surface area contributed by atoms with E-state index in [0.29, 0.717) is 42.4 Å². The highest BCUT2D eigenvalue weighted by molar-refractivity contribution is 6.15. The third-order valence-electron chi connectivity index (χ3n) is 8.83. The topological polar surface area (TPSA) is 135 Å². The van der Waals surface area contributed by atoms with E-state index in [0.717, 1.165) is 18.9 Å². The lowest BCUT2D eigenvalue weighted by Gasteiger charge is -2.31. The van der Waals surface area contributed by atoms with Crippen LogP contribution in [0.4, 0.5) is 14.5 Å². The highest BCUT2D eigenvalue weighted by atomic mass is 19.1. The molecule has 2 atom stereocenters. The van der Waals surface area contributed by atoms with Gasteiger partial charge in [0.25, 0.3) is 5.91 Å². The zero-order valence-electron chi connectivity index (χ0n) is 26.3. The number of anilines is 1. The summed E-state index contributed by atoms with van der Waals surface area (Å²) in [6, 6.07) is 14.7. The number of rotatable bonds is 10. The number of aliphatic hydroxyl groups excluding tert-OH is 1. The zero-order valence-corrected chi connectivity index (χ0v) is 26.3. The number of carbonyl (C=O) groups is 1. The van der Waals surface area contributed by atoms with Crippen molar-refractivity contribution in [2.24, 2.45) is 0 Å². The van der Waals surface area contributed by atoms with Crippen molar-refractivity contribution in [3.63, 3.8) is 0 Å². The summed E-state index contributed by atoms with van der Waals surface area (Å²) in [5.41, 5.74) is 0.689. The first kappa shape index (κ1) is 32.2. The molecule has 1 aliphatic heterocycles. The van der Waals surface area contributed by atoms with E-state index in [-0.39, 0.29) is 46.1 Å². The molecule has 1 aromatic heterocycles. The molecule has 3 aliphatic rings. The van der Waals surface area contributed by atoms with E-state index < -0.39 is 29.2 Å². The van der Waals surface area contributed by atoms with Gasteiger partial charge in [-0.1, -0.05) is 30.3 Å². The number of carbonyl (C=O) groups excluding carboxylic acids is 1. The van der Waals surface area contributed by atoms with Crippen LogP contribution in [0.25, 0.3) is 11.3 Å². The van der Waals surface area contributed by atoms with Gasteiger partial charge in [-0.25, -0.2) is 13.8 Å². The number of nitrogens with one attached hydrogen (secondary N) is 2. The van der Waals surface area contributed by atoms with Crippen LogP contribution in [0.3, 0.4) is 0 Å². The van der Waals surface area contributed by atoms with Crippen LogP contribution in [-0.2, 0) is 15.1 Å². The first-order valence-electron chi connectivity index (χ1n) is 15.6. The third kappa shape index (κ3) is 6.87. The van der Waals surface area contributed by atoms with E-state index in [1.165, 1.54) is 26.2 Å². The van der Waals surface area contributed by atoms with Gasteiger partial charge in [0, 0.05) is 48.8 Å². The number of nitrogens with two attached hydrogens (primary N) is 1. The van der Waals surface area contributed by atoms with Crippen molar-refractivity contribution >= 4 is 17.3 Å². The van der Waals surface area contributed by atoms with E-state index in [9.17, 15) is 19.4 Å². The van der Waals surface area contributed by atoms with Gasteiger partial charge >= 0.3 is 0 Å². The maximum absolute atomic E-state index is 15.2. The average molecular weight is 643 g/mol. The Morgan fingerprint density at radius 1 is 1.15 bits per heavy atom. The fraction of sp³-hybridized carbons (Fsp3) is 0.306. The monoisotopic (exact) mass is 642 g/mol. The van der Waals surface area contributed by atoms with Gasteiger partial charge in [0.1, 0.15) is 34.9 Å². The summed E-state index contributed by atoms with van der Waals surface area (Å²) in [4.78, 5) is 20.3. The summed E-state index contributed by atoms with van der Waals surface area (Å²) in [5, 5.41) is 36.1. The number of quaternary nitrogens is 1. The van der Waals surface area contributed by atoms with E-state index in [2.05, 4.69) is 5.32 Å². The first-order chi connectivity index (χ1) is 22.5. The number of aromatic nitrogens is 1. The molecule has 1 saturated heterocycles. The lowest BCUT2D eigenvalue weighted by Crippen LogP contribution is -2.80. The van der Waals surface area contributed by atoms with Gasteiger partial charge in [-0.15, -0.1) is 0 Å². The first-order valence-corrected chi connectivity index (χ1v) is 15.6. The molecule has 3 aromatic rings. The number of hydrogen-bond donors (Lipinski definition) is 5. The zero-order chi connectivity index (χ0) is 33.3. The van der Waals surface area contributed by atoms with Crippen molar-refractivity contribution in [2.75, 3.05) is 31.6 Å². The molecule has 0 unspecified atom stereocenters. The summed E-state index contributed by atoms with van der Waals surface area (Å²) in [6.07, 6.45) is 7.13. The van der Waals surface area contributed by atoms with Crippen LogP contribution in [0.15, 0.2) is 89.9 Å². The van der Waals surface area contributed by atoms with Gasteiger partial charge < -0.3 is 30.5 Å². The van der Waals surface area contributed by atoms with Crippen LogP contribution in [0.1, 0.15) is 36.1 Å². The van der Waals surface area contributed by atoms with Crippen LogP contribution < -0.4 is 15.5 Å². The van der Waals surface area contributed by atoms with Crippen molar-refractivity contribution in [1.29, 1.82) is 5.41 Å². The molecule has 6 N–H and O–H groups in total. The number of ether oxygens (including phenoxy) is 1. The number of aryl methyl sites for hydroxylation is 1. The molecule has 2 heterocycles. The number of nitrogens with zero attached hydrogens (tertiary/aromatic N) is 2. The predicted molar refractivity (Wildman–Crippen MR) is 174 cm³/mol. The normalized spacial score (nSPS) is 20.1. The number of allylic oxidation sites excluding steroid dienone is 2. The van der Waals surface area contributed by atoms with Crippen LogP contribution in [-0.4, -0.2) is 65.7 Å². The Morgan fingerprint density at radius 3 is 2.60 bits per heavy atom. The van der Waals surface area contributed by atoms with Crippen molar-refractivity contribution < 1.29 is 33.8 Å². The number of halogens is 2. The molecule has 6 rings (SSSR count). The fourth-order valence-corrected chi connectivity index (χ4v) is 5.83. The molecule has 1 amide bonds. The molecular weight excluding hydrogens is 604 g/mol. The quantitative estimate of drug-likeness (QED) is 0.230. The van der Waals surface area contributed by atoms with Gasteiger partial charge in [0.15, 0.2) is 0 Å². The molecule has 9 nitrogen and oxygen atoms in total. The summed E-state index contributed by atoms with van der Waals surface area (Å²) in [5.74, 6) is -1.75. The van der Waals surface area contributed by atoms with Crippen LogP contribution >= 0.6 is 0 Å². The number of aliphatic hydroxyl groups is 2. The summed E-state index contributed by atoms with van der Waals surface area (Å²) < 4.78 is 34.8. The van der Waals surface area contributed by atoms with Crippen molar-refractivity contribution in [3.8, 4) is 11.3 Å². The lowest BCUT2D eigenvalue weighted by atomic mass is 9.88. The molecule has 2 aromatic carbocycles. The fourth-order valence-electron chi connectivity index (χ4n) is 5.83. The average Bonchev–Trinajstić information content (AvgIpc) is 3.81. The second-order valence-electron chi connectivity index (χ2n) is 12.3. The molecule has 0 spiro atoms. The highest BCUT2D eigenvalue weighted by Gasteiger charge is 2.36. The SMILES string of the molecule is COC1=CC(C(=O)NC[C@@](O)(c2ccccc2)c2cc(N3CC[C@H](O)C3)cc(-c3cc(C)c(F)cc3F)n2)=C/C(=C/[NH2+]C2CC2)C1=N. The Labute approximate surface area is 271 Å². The molecule has 0 radical (unpaired) electrons. The van der Waals surface area contributed by atoms with Crippen LogP contribution in [0, 0.1) is 24.0 Å². The van der Waals surface area contributed by atoms with Gasteiger partial charge in [-0.2, -0.15) is 0 Å². The van der Waals surface area contributed by atoms with Gasteiger partial charge in [-0.3, -0.25) is 10.2 Å². The number of methoxy groups -OCH3 is 1. The molecule has 1 saturated carbocycles. The van der Waals surface area contributed by atoms with E-state index in [4.69, 9.17) is 15.1 Å². The Kier molecular flexibility index (Phi) is 9.05. The van der Waals surface area contributed by atoms with E-state index in [1.54, 1.807) is 48.5 Å². The minimum atomic E-state index is -1.89. The number of pyridine rings is 1. The predicted octanol–water partition coefficient (Wildman–Crippen LogP) is 3.36. The minimum absolute atomic E-state index is 0.0561. The highest BCUT2D eigenvalue weighted by Crippen LogP contribution is 2.36. The number of hydrogen-bond acceptors (Lipinski definition) is 7. The molecule has 47 heavy (non-hydrogen) atoms. The number of benzene rings is 2. The Hall–Kier alpha value is -4.71. The van der Waals surface area contributed by atoms with Gasteiger partial charge in [0.05, 0.1) is 42.8 Å². The van der Waals surface area contributed by atoms with Crippen molar-refractivity contribution in [2.45, 2.75) is 43.9 Å². The van der Waals surface area contributed by atoms with Crippen LogP contribution in [0.5, 0.6) is 0 Å². The standard InChI is InChI=1S/C36H37F2N5O4/c1-21-12-28(30(38)17-29(21)37)31-15-26(43-11-10-27(44)19-43)16-33(42-31)36(46,24-6-4-3-5-7-24)20-41-35(45)22-13-23(18-40-25-8-9-25)34(39)32(14-22)47-2/h3-7,12-18,25,27,39-40,44,46H,8-11,19-20H2,1-2H3,(H,41,45)/p+1/b23-18-,39-34?/t27-,36+/m0/s1. The lowest BCUT2D eigenvalue weighted by molar-refractivity contribution is -0.602. The summed E-state index contributed by atoms with van der Waals surface area (Å²) >= 11 is 0. The second kappa shape index (κ2) is 13.2. The third-order valence-corrected chi connectivity index (χ3v) is 8.83. The summed E-state index contributed by atoms with van der Waals surface area (Å²) in [6.45, 7) is 2.09. The van der Waals surface area contributed by atoms with Gasteiger partial charge in [-0.05, 0) is 54.8 Å².